The van der Waals surface area contributed by atoms with Gasteiger partial charge in [-0.25, -0.2) is 13.4 Å². The summed E-state index contributed by atoms with van der Waals surface area (Å²) < 4.78 is 25.7. The van der Waals surface area contributed by atoms with Crippen molar-refractivity contribution in [1.29, 1.82) is 0 Å². The number of non-ortho nitro benzene ring substituents is 1. The van der Waals surface area contributed by atoms with Crippen LogP contribution in [0.3, 0.4) is 0 Å². The Hall–Kier alpha value is -2.22. The Bertz CT molecular complexity index is 688. The van der Waals surface area contributed by atoms with E-state index in [2.05, 4.69) is 4.98 Å². The van der Waals surface area contributed by atoms with E-state index in [0.29, 0.717) is 0 Å². The van der Waals surface area contributed by atoms with Crippen molar-refractivity contribution in [3.05, 3.63) is 46.9 Å². The number of hydrogen-bond acceptors (Lipinski definition) is 5. The third-order valence-corrected chi connectivity index (χ3v) is 4.24. The van der Waals surface area contributed by atoms with Crippen LogP contribution in [-0.4, -0.2) is 22.9 Å². The Balaban J connectivity index is 2.49. The number of nitrogens with zero attached hydrogens (tertiary/aromatic N) is 3. The van der Waals surface area contributed by atoms with Gasteiger partial charge in [-0.1, -0.05) is 0 Å². The highest BCUT2D eigenvalue weighted by molar-refractivity contribution is 7.91. The molecule has 94 valence electrons. The van der Waals surface area contributed by atoms with Crippen molar-refractivity contribution in [3.63, 3.8) is 0 Å². The molecule has 7 nitrogen and oxygen atoms in total. The number of hydrogen-bond donors (Lipinski definition) is 0. The van der Waals surface area contributed by atoms with Crippen LogP contribution in [0, 0.1) is 10.1 Å². The molecule has 0 spiro atoms. The molecule has 0 atom stereocenters. The fourth-order valence-electron chi connectivity index (χ4n) is 1.47. The molecule has 0 N–H and O–H groups in total. The Morgan fingerprint density at radius 2 is 1.89 bits per heavy atom. The molecular weight excluding hydrogens is 258 g/mol. The lowest BCUT2D eigenvalue weighted by Crippen LogP contribution is -2.06. The average molecular weight is 267 g/mol. The molecule has 0 saturated carbocycles. The lowest BCUT2D eigenvalue weighted by Gasteiger charge is -2.04. The van der Waals surface area contributed by atoms with Gasteiger partial charge in [-0.15, -0.1) is 0 Å². The van der Waals surface area contributed by atoms with Crippen LogP contribution in [-0.2, 0) is 16.9 Å². The van der Waals surface area contributed by atoms with E-state index < -0.39 is 14.8 Å². The van der Waals surface area contributed by atoms with Crippen LogP contribution in [0.15, 0.2) is 46.7 Å². The maximum absolute atomic E-state index is 12.2. The lowest BCUT2D eigenvalue weighted by atomic mass is 10.3. The zero-order valence-electron chi connectivity index (χ0n) is 9.35. The number of aryl methyl sites for hydroxylation is 1. The third kappa shape index (κ3) is 1.97. The van der Waals surface area contributed by atoms with E-state index in [1.165, 1.54) is 29.2 Å². The molecule has 0 bridgehead atoms. The van der Waals surface area contributed by atoms with Crippen LogP contribution in [0.4, 0.5) is 5.69 Å². The molecule has 8 heteroatoms. The van der Waals surface area contributed by atoms with Crippen molar-refractivity contribution in [1.82, 2.24) is 9.55 Å². The first-order valence-electron chi connectivity index (χ1n) is 4.89. The molecule has 2 rings (SSSR count). The molecular formula is C10H9N3O4S. The van der Waals surface area contributed by atoms with Crippen molar-refractivity contribution in [2.45, 2.75) is 9.92 Å². The van der Waals surface area contributed by atoms with Gasteiger partial charge in [0.1, 0.15) is 0 Å². The summed E-state index contributed by atoms with van der Waals surface area (Å²) in [6.45, 7) is 0. The van der Waals surface area contributed by atoms with Crippen molar-refractivity contribution >= 4 is 15.5 Å². The highest BCUT2D eigenvalue weighted by atomic mass is 32.2. The maximum Gasteiger partial charge on any atom is 0.269 e. The third-order valence-electron chi connectivity index (χ3n) is 2.41. The van der Waals surface area contributed by atoms with Crippen molar-refractivity contribution in [2.24, 2.45) is 7.05 Å². The molecule has 0 unspecified atom stereocenters. The van der Waals surface area contributed by atoms with Gasteiger partial charge in [0, 0.05) is 19.2 Å². The first-order chi connectivity index (χ1) is 8.43. The summed E-state index contributed by atoms with van der Waals surface area (Å²) in [5, 5.41) is 10.5. The number of rotatable bonds is 3. The highest BCUT2D eigenvalue weighted by Crippen LogP contribution is 2.22. The van der Waals surface area contributed by atoms with E-state index >= 15 is 0 Å². The van der Waals surface area contributed by atoms with Crippen molar-refractivity contribution < 1.29 is 13.3 Å². The van der Waals surface area contributed by atoms with Crippen LogP contribution in [0.5, 0.6) is 0 Å². The molecule has 0 fully saturated rings. The quantitative estimate of drug-likeness (QED) is 0.614. The minimum Gasteiger partial charge on any atom is -0.325 e. The van der Waals surface area contributed by atoms with E-state index in [-0.39, 0.29) is 15.6 Å². The minimum absolute atomic E-state index is 0.00306. The largest absolute Gasteiger partial charge is 0.325 e. The second-order valence-electron chi connectivity index (χ2n) is 3.60. The molecule has 0 radical (unpaired) electrons. The zero-order chi connectivity index (χ0) is 13.3. The molecule has 0 saturated heterocycles. The maximum atomic E-state index is 12.2. The fraction of sp³-hybridized carbons (Fsp3) is 0.100. The summed E-state index contributed by atoms with van der Waals surface area (Å²) in [6.07, 6.45) is 2.61. The molecule has 2 aromatic rings. The summed E-state index contributed by atoms with van der Waals surface area (Å²) >= 11 is 0. The van der Waals surface area contributed by atoms with Gasteiger partial charge in [0.25, 0.3) is 5.69 Å². The summed E-state index contributed by atoms with van der Waals surface area (Å²) in [4.78, 5) is 13.6. The predicted molar refractivity (Wildman–Crippen MR) is 61.8 cm³/mol. The Labute approximate surface area is 103 Å². The minimum atomic E-state index is -3.69. The van der Waals surface area contributed by atoms with E-state index in [9.17, 15) is 18.5 Å². The Morgan fingerprint density at radius 3 is 2.33 bits per heavy atom. The lowest BCUT2D eigenvalue weighted by molar-refractivity contribution is -0.384. The predicted octanol–water partition coefficient (Wildman–Crippen LogP) is 1.16. The Morgan fingerprint density at radius 1 is 1.28 bits per heavy atom. The van der Waals surface area contributed by atoms with Gasteiger partial charge in [0.05, 0.1) is 22.3 Å². The molecule has 0 amide bonds. The van der Waals surface area contributed by atoms with Gasteiger partial charge in [0.2, 0.25) is 9.84 Å². The molecule has 1 heterocycles. The molecule has 0 aliphatic rings. The van der Waals surface area contributed by atoms with E-state index in [0.717, 1.165) is 12.1 Å². The number of sulfone groups is 1. The van der Waals surface area contributed by atoms with Gasteiger partial charge in [-0.3, -0.25) is 10.1 Å². The standard InChI is InChI=1S/C10H9N3O4S/c1-12-7-11-6-10(12)18(16,17)9-4-2-8(3-5-9)13(14)15/h2-7H,1H3. The summed E-state index contributed by atoms with van der Waals surface area (Å²) in [6, 6.07) is 4.73. The summed E-state index contributed by atoms with van der Waals surface area (Å²) in [5.74, 6) is 0. The topological polar surface area (TPSA) is 95.1 Å². The van der Waals surface area contributed by atoms with Crippen LogP contribution in [0.25, 0.3) is 0 Å². The number of aromatic nitrogens is 2. The normalized spacial score (nSPS) is 11.4. The summed E-state index contributed by atoms with van der Waals surface area (Å²) in [5.41, 5.74) is -0.154. The SMILES string of the molecule is Cn1cncc1S(=O)(=O)c1ccc([N+](=O)[O-])cc1. The van der Waals surface area contributed by atoms with Gasteiger partial charge in [-0.2, -0.15) is 0 Å². The molecule has 0 aliphatic heterocycles. The number of nitro benzene ring substituents is 1. The fourth-order valence-corrected chi connectivity index (χ4v) is 2.83. The first-order valence-corrected chi connectivity index (χ1v) is 6.37. The smallest absolute Gasteiger partial charge is 0.269 e. The van der Waals surface area contributed by atoms with Crippen molar-refractivity contribution in [2.75, 3.05) is 0 Å². The molecule has 0 aliphatic carbocycles. The van der Waals surface area contributed by atoms with Crippen molar-refractivity contribution in [3.8, 4) is 0 Å². The van der Waals surface area contributed by atoms with E-state index in [1.807, 2.05) is 0 Å². The number of imidazole rings is 1. The summed E-state index contributed by atoms with van der Waals surface area (Å²) in [7, 11) is -2.13. The van der Waals surface area contributed by atoms with E-state index in [1.54, 1.807) is 7.05 Å². The van der Waals surface area contributed by atoms with Gasteiger partial charge in [0.15, 0.2) is 5.03 Å². The van der Waals surface area contributed by atoms with E-state index in [4.69, 9.17) is 0 Å². The molecule has 1 aromatic heterocycles. The number of nitro groups is 1. The van der Waals surface area contributed by atoms with Gasteiger partial charge >= 0.3 is 0 Å². The van der Waals surface area contributed by atoms with Crippen LogP contribution < -0.4 is 0 Å². The van der Waals surface area contributed by atoms with Crippen LogP contribution >= 0.6 is 0 Å². The zero-order valence-corrected chi connectivity index (χ0v) is 10.2. The second kappa shape index (κ2) is 4.22. The van der Waals surface area contributed by atoms with Crippen LogP contribution in [0.2, 0.25) is 0 Å². The van der Waals surface area contributed by atoms with Gasteiger partial charge in [-0.05, 0) is 12.1 Å². The Kier molecular flexibility index (Phi) is 2.87. The molecule has 18 heavy (non-hydrogen) atoms. The van der Waals surface area contributed by atoms with Crippen LogP contribution in [0.1, 0.15) is 0 Å². The highest BCUT2D eigenvalue weighted by Gasteiger charge is 2.21. The van der Waals surface area contributed by atoms with Gasteiger partial charge < -0.3 is 4.57 Å². The first kappa shape index (κ1) is 12.2. The number of benzene rings is 1. The monoisotopic (exact) mass is 267 g/mol. The average Bonchev–Trinajstić information content (AvgIpc) is 2.76. The molecule has 1 aromatic carbocycles. The second-order valence-corrected chi connectivity index (χ2v) is 5.49.